The maximum atomic E-state index is 10.5. The Morgan fingerprint density at radius 3 is 2.53 bits per heavy atom. The van der Waals surface area contributed by atoms with Crippen LogP contribution in [0.3, 0.4) is 0 Å². The summed E-state index contributed by atoms with van der Waals surface area (Å²) in [6.07, 6.45) is 1.83. The Labute approximate surface area is 183 Å². The number of pyridine rings is 1. The van der Waals surface area contributed by atoms with Crippen LogP contribution in [0.5, 0.6) is 5.75 Å². The number of aromatic hydroxyl groups is 1. The van der Waals surface area contributed by atoms with E-state index >= 15 is 0 Å². The van der Waals surface area contributed by atoms with Crippen LogP contribution in [0.2, 0.25) is 0 Å². The smallest absolute Gasteiger partial charge is 0.170 e. The summed E-state index contributed by atoms with van der Waals surface area (Å²) in [4.78, 5) is 6.91. The fourth-order valence-corrected chi connectivity index (χ4v) is 4.76. The number of thiocarbonyl (C=S) groups is 1. The number of phenolic OH excluding ortho intramolecular Hbond substituents is 1. The van der Waals surface area contributed by atoms with E-state index < -0.39 is 0 Å². The molecule has 156 valence electrons. The van der Waals surface area contributed by atoms with E-state index in [2.05, 4.69) is 53.5 Å². The third kappa shape index (κ3) is 3.56. The highest BCUT2D eigenvalue weighted by Gasteiger charge is 2.41. The Kier molecular flexibility index (Phi) is 5.52. The van der Waals surface area contributed by atoms with Gasteiger partial charge in [0.2, 0.25) is 0 Å². The van der Waals surface area contributed by atoms with Gasteiger partial charge in [0, 0.05) is 24.1 Å². The highest BCUT2D eigenvalue weighted by Crippen LogP contribution is 2.42. The predicted molar refractivity (Wildman–Crippen MR) is 124 cm³/mol. The molecule has 1 aliphatic heterocycles. The largest absolute Gasteiger partial charge is 0.506 e. The number of benzene rings is 1. The van der Waals surface area contributed by atoms with Crippen LogP contribution in [0.1, 0.15) is 48.6 Å². The second kappa shape index (κ2) is 8.11. The molecule has 2 N–H and O–H groups in total. The maximum Gasteiger partial charge on any atom is 0.170 e. The summed E-state index contributed by atoms with van der Waals surface area (Å²) in [5.41, 5.74) is 5.13. The van der Waals surface area contributed by atoms with Crippen LogP contribution >= 0.6 is 12.2 Å². The molecule has 1 saturated heterocycles. The molecule has 3 heterocycles. The summed E-state index contributed by atoms with van der Waals surface area (Å²) >= 11 is 5.75. The van der Waals surface area contributed by atoms with E-state index in [1.165, 1.54) is 5.56 Å². The molecule has 4 rings (SSSR count). The van der Waals surface area contributed by atoms with Gasteiger partial charge >= 0.3 is 0 Å². The lowest BCUT2D eigenvalue weighted by Crippen LogP contribution is -2.33. The number of aromatic nitrogens is 2. The van der Waals surface area contributed by atoms with E-state index in [4.69, 9.17) is 12.2 Å². The van der Waals surface area contributed by atoms with Crippen molar-refractivity contribution in [2.24, 2.45) is 5.92 Å². The van der Waals surface area contributed by atoms with Crippen LogP contribution in [0.15, 0.2) is 54.7 Å². The summed E-state index contributed by atoms with van der Waals surface area (Å²) in [6, 6.07) is 15.7. The van der Waals surface area contributed by atoms with Gasteiger partial charge in [-0.15, -0.1) is 0 Å². The van der Waals surface area contributed by atoms with Gasteiger partial charge in [-0.2, -0.15) is 0 Å². The van der Waals surface area contributed by atoms with E-state index in [0.29, 0.717) is 5.92 Å². The highest BCUT2D eigenvalue weighted by atomic mass is 32.1. The average Bonchev–Trinajstić information content (AvgIpc) is 3.18. The van der Waals surface area contributed by atoms with Crippen molar-refractivity contribution < 1.29 is 5.11 Å². The quantitative estimate of drug-likeness (QED) is 0.580. The van der Waals surface area contributed by atoms with E-state index in [9.17, 15) is 5.11 Å². The van der Waals surface area contributed by atoms with Crippen LogP contribution in [-0.2, 0) is 0 Å². The van der Waals surface area contributed by atoms with Crippen molar-refractivity contribution in [1.29, 1.82) is 0 Å². The molecule has 0 spiro atoms. The minimum Gasteiger partial charge on any atom is -0.506 e. The number of para-hydroxylation sites is 2. The van der Waals surface area contributed by atoms with Gasteiger partial charge in [0.05, 0.1) is 23.5 Å². The third-order valence-electron chi connectivity index (χ3n) is 5.67. The van der Waals surface area contributed by atoms with Gasteiger partial charge in [-0.05, 0) is 67.9 Å². The lowest BCUT2D eigenvalue weighted by molar-refractivity contribution is 0.287. The fraction of sp³-hybridized carbons (Fsp3) is 0.333. The molecule has 1 fully saturated rings. The Hall–Kier alpha value is -2.86. The monoisotopic (exact) mass is 420 g/mol. The summed E-state index contributed by atoms with van der Waals surface area (Å²) in [7, 11) is 0. The molecule has 2 atom stereocenters. The summed E-state index contributed by atoms with van der Waals surface area (Å²) in [6.45, 7) is 9.46. The standard InChI is InChI=1S/C24H28N4OS/c1-15(2)14-27-23(22(26-24(27)30)19-9-7-8-12-25-19)18-13-16(3)28(17(18)4)20-10-5-6-11-21(20)29/h5-13,15,22-23,29H,14H2,1-4H3,(H,26,30). The molecule has 0 aliphatic carbocycles. The third-order valence-corrected chi connectivity index (χ3v) is 6.02. The molecule has 0 saturated carbocycles. The number of nitrogens with one attached hydrogen (secondary N) is 1. The van der Waals surface area contributed by atoms with E-state index in [0.717, 1.165) is 34.4 Å². The molecule has 2 unspecified atom stereocenters. The number of phenols is 1. The molecular weight excluding hydrogens is 392 g/mol. The molecule has 30 heavy (non-hydrogen) atoms. The van der Waals surface area contributed by atoms with E-state index in [-0.39, 0.29) is 17.8 Å². The first-order valence-corrected chi connectivity index (χ1v) is 10.7. The van der Waals surface area contributed by atoms with Crippen LogP contribution in [0, 0.1) is 19.8 Å². The maximum absolute atomic E-state index is 10.5. The molecule has 1 aromatic carbocycles. The molecule has 2 aromatic heterocycles. The van der Waals surface area contributed by atoms with E-state index in [1.807, 2.05) is 42.6 Å². The van der Waals surface area contributed by atoms with Gasteiger partial charge in [-0.1, -0.05) is 32.0 Å². The fourth-order valence-electron chi connectivity index (χ4n) is 4.45. The molecule has 1 aliphatic rings. The molecule has 6 heteroatoms. The predicted octanol–water partition coefficient (Wildman–Crippen LogP) is 4.82. The average molecular weight is 421 g/mol. The Morgan fingerprint density at radius 1 is 1.13 bits per heavy atom. The van der Waals surface area contributed by atoms with Gasteiger partial charge in [0.15, 0.2) is 5.11 Å². The lowest BCUT2D eigenvalue weighted by Gasteiger charge is -2.29. The number of hydrogen-bond donors (Lipinski definition) is 2. The molecule has 0 bridgehead atoms. The molecular formula is C24H28N4OS. The number of aryl methyl sites for hydroxylation is 1. The summed E-state index contributed by atoms with van der Waals surface area (Å²) in [5, 5.41) is 14.7. The minimum atomic E-state index is -0.0317. The zero-order valence-electron chi connectivity index (χ0n) is 17.8. The van der Waals surface area contributed by atoms with E-state index in [1.54, 1.807) is 6.07 Å². The Morgan fingerprint density at radius 2 is 1.87 bits per heavy atom. The first-order valence-electron chi connectivity index (χ1n) is 10.3. The Balaban J connectivity index is 1.85. The van der Waals surface area contributed by atoms with Crippen LogP contribution in [-0.4, -0.2) is 31.2 Å². The van der Waals surface area contributed by atoms with Gasteiger partial charge in [0.25, 0.3) is 0 Å². The lowest BCUT2D eigenvalue weighted by atomic mass is 9.96. The van der Waals surface area contributed by atoms with Gasteiger partial charge in [-0.25, -0.2) is 0 Å². The SMILES string of the molecule is Cc1cc(C2C(c3ccccn3)NC(=S)N2CC(C)C)c(C)n1-c1ccccc1O. The molecule has 0 amide bonds. The highest BCUT2D eigenvalue weighted by molar-refractivity contribution is 7.80. The van der Waals surface area contributed by atoms with Crippen molar-refractivity contribution in [2.45, 2.75) is 39.8 Å². The zero-order valence-corrected chi connectivity index (χ0v) is 18.6. The second-order valence-corrected chi connectivity index (χ2v) is 8.71. The summed E-state index contributed by atoms with van der Waals surface area (Å²) < 4.78 is 2.12. The Bertz CT molecular complexity index is 1060. The topological polar surface area (TPSA) is 53.3 Å². The van der Waals surface area contributed by atoms with Crippen molar-refractivity contribution in [2.75, 3.05) is 6.54 Å². The zero-order chi connectivity index (χ0) is 21.4. The normalized spacial score (nSPS) is 18.8. The van der Waals surface area contributed by atoms with Crippen LogP contribution < -0.4 is 5.32 Å². The van der Waals surface area contributed by atoms with Crippen molar-refractivity contribution >= 4 is 17.3 Å². The van der Waals surface area contributed by atoms with Gasteiger partial charge in [0.1, 0.15) is 5.75 Å². The van der Waals surface area contributed by atoms with Crippen molar-refractivity contribution in [3.05, 3.63) is 77.4 Å². The second-order valence-electron chi connectivity index (χ2n) is 8.32. The first kappa shape index (κ1) is 20.4. The van der Waals surface area contributed by atoms with Crippen molar-refractivity contribution in [3.8, 4) is 11.4 Å². The summed E-state index contributed by atoms with van der Waals surface area (Å²) in [5.74, 6) is 0.739. The number of nitrogens with zero attached hydrogens (tertiary/aromatic N) is 3. The minimum absolute atomic E-state index is 0.0283. The van der Waals surface area contributed by atoms with Crippen molar-refractivity contribution in [1.82, 2.24) is 19.8 Å². The first-order chi connectivity index (χ1) is 14.4. The van der Waals surface area contributed by atoms with Gasteiger partial charge in [-0.3, -0.25) is 4.98 Å². The molecule has 5 nitrogen and oxygen atoms in total. The van der Waals surface area contributed by atoms with Crippen LogP contribution in [0.25, 0.3) is 5.69 Å². The molecule has 3 aromatic rings. The molecule has 0 radical (unpaired) electrons. The number of hydrogen-bond acceptors (Lipinski definition) is 3. The van der Waals surface area contributed by atoms with Crippen molar-refractivity contribution in [3.63, 3.8) is 0 Å². The van der Waals surface area contributed by atoms with Gasteiger partial charge < -0.3 is 19.9 Å². The number of rotatable bonds is 5. The van der Waals surface area contributed by atoms with Crippen LogP contribution in [0.4, 0.5) is 0 Å².